The van der Waals surface area contributed by atoms with Crippen LogP contribution in [-0.4, -0.2) is 71.8 Å². The van der Waals surface area contributed by atoms with E-state index < -0.39 is 10.8 Å². The molecule has 1 atom stereocenters. The molecule has 144 valence electrons. The Balaban J connectivity index is 3.18. The number of aliphatic hydroxyl groups is 1. The predicted octanol–water partition coefficient (Wildman–Crippen LogP) is 3.57. The maximum absolute atomic E-state index is 11.5. The molecule has 1 unspecified atom stereocenters. The fourth-order valence-electron chi connectivity index (χ4n) is 1.29. The zero-order chi connectivity index (χ0) is 17.9. The molecule has 0 amide bonds. The SMILES string of the molecule is CCS(=O)CCCSCSCSCCC(=O)OCSCSCCO. The smallest absolute Gasteiger partial charge is 0.307 e. The van der Waals surface area contributed by atoms with Gasteiger partial charge < -0.3 is 9.84 Å². The van der Waals surface area contributed by atoms with Crippen molar-refractivity contribution in [2.24, 2.45) is 0 Å². The lowest BCUT2D eigenvalue weighted by molar-refractivity contribution is -0.140. The first-order valence-corrected chi connectivity index (χ1v) is 15.0. The molecule has 0 bridgehead atoms. The van der Waals surface area contributed by atoms with E-state index in [1.807, 2.05) is 30.4 Å². The molecule has 4 nitrogen and oxygen atoms in total. The predicted molar refractivity (Wildman–Crippen MR) is 118 cm³/mol. The summed E-state index contributed by atoms with van der Waals surface area (Å²) in [6.07, 6.45) is 1.49. The fraction of sp³-hybridized carbons (Fsp3) is 0.929. The number of carbonyl (C=O) groups is 1. The first-order chi connectivity index (χ1) is 11.7. The van der Waals surface area contributed by atoms with Gasteiger partial charge in [0.05, 0.1) is 13.0 Å². The Morgan fingerprint density at radius 1 is 1.00 bits per heavy atom. The number of ether oxygens (including phenoxy) is 1. The minimum Gasteiger partial charge on any atom is -0.455 e. The molecule has 0 aliphatic heterocycles. The van der Waals surface area contributed by atoms with Crippen molar-refractivity contribution in [1.29, 1.82) is 0 Å². The quantitative estimate of drug-likeness (QED) is 0.191. The van der Waals surface area contributed by atoms with Crippen LogP contribution in [0, 0.1) is 0 Å². The lowest BCUT2D eigenvalue weighted by Crippen LogP contribution is -2.05. The molecule has 0 aliphatic rings. The number of carbonyl (C=O) groups excluding carboxylic acids is 1. The average Bonchev–Trinajstić information content (AvgIpc) is 2.59. The normalized spacial score (nSPS) is 12.2. The van der Waals surface area contributed by atoms with Crippen LogP contribution in [0.15, 0.2) is 0 Å². The van der Waals surface area contributed by atoms with E-state index in [9.17, 15) is 9.00 Å². The average molecular weight is 453 g/mol. The maximum atomic E-state index is 11.5. The van der Waals surface area contributed by atoms with Gasteiger partial charge in [0, 0.05) is 49.1 Å². The summed E-state index contributed by atoms with van der Waals surface area (Å²) < 4.78 is 16.4. The van der Waals surface area contributed by atoms with Crippen molar-refractivity contribution in [3.63, 3.8) is 0 Å². The van der Waals surface area contributed by atoms with E-state index in [4.69, 9.17) is 9.84 Å². The molecule has 0 heterocycles. The van der Waals surface area contributed by atoms with Crippen molar-refractivity contribution < 1.29 is 18.8 Å². The second-order valence-corrected chi connectivity index (χ2v) is 12.6. The first-order valence-electron chi connectivity index (χ1n) is 7.70. The van der Waals surface area contributed by atoms with Gasteiger partial charge in [-0.1, -0.05) is 6.92 Å². The molecule has 0 aromatic carbocycles. The van der Waals surface area contributed by atoms with Crippen molar-refractivity contribution in [3.05, 3.63) is 0 Å². The maximum Gasteiger partial charge on any atom is 0.307 e. The monoisotopic (exact) mass is 452 g/mol. The molecule has 0 rings (SSSR count). The summed E-state index contributed by atoms with van der Waals surface area (Å²) >= 11 is 8.72. The second kappa shape index (κ2) is 20.6. The van der Waals surface area contributed by atoms with Gasteiger partial charge in [0.2, 0.25) is 0 Å². The molecule has 24 heavy (non-hydrogen) atoms. The minimum absolute atomic E-state index is 0.134. The Kier molecular flexibility index (Phi) is 21.8. The molecule has 0 radical (unpaired) electrons. The number of hydrogen-bond acceptors (Lipinski definition) is 9. The van der Waals surface area contributed by atoms with Crippen LogP contribution in [0.5, 0.6) is 0 Å². The van der Waals surface area contributed by atoms with Gasteiger partial charge in [-0.05, 0) is 12.2 Å². The summed E-state index contributed by atoms with van der Waals surface area (Å²) in [5.41, 5.74) is 0. The summed E-state index contributed by atoms with van der Waals surface area (Å²) in [5, 5.41) is 11.5. The first kappa shape index (κ1) is 25.3. The highest BCUT2D eigenvalue weighted by atomic mass is 32.2. The molecule has 0 saturated heterocycles. The molecule has 0 aromatic rings. The molecular weight excluding hydrogens is 425 g/mol. The topological polar surface area (TPSA) is 63.6 Å². The standard InChI is InChI=1S/C14H28O4S6/c1-2-24(17)9-3-6-19-12-23-13-20-7-4-14(16)18-10-22-11-21-8-5-15/h15H,2-13H2,1H3. The van der Waals surface area contributed by atoms with E-state index in [1.54, 1.807) is 35.3 Å². The largest absolute Gasteiger partial charge is 0.455 e. The van der Waals surface area contributed by atoms with Gasteiger partial charge in [-0.2, -0.15) is 23.5 Å². The van der Waals surface area contributed by atoms with Crippen molar-refractivity contribution in [2.45, 2.75) is 19.8 Å². The van der Waals surface area contributed by atoms with Crippen molar-refractivity contribution in [1.82, 2.24) is 0 Å². The molecule has 1 N–H and O–H groups in total. The van der Waals surface area contributed by atoms with E-state index in [0.29, 0.717) is 12.4 Å². The summed E-state index contributed by atoms with van der Waals surface area (Å²) in [5.74, 6) is 4.45. The van der Waals surface area contributed by atoms with Crippen molar-refractivity contribution in [3.8, 4) is 0 Å². The van der Waals surface area contributed by atoms with Crippen LogP contribution in [-0.2, 0) is 20.3 Å². The fourth-order valence-corrected chi connectivity index (χ4v) is 7.21. The summed E-state index contributed by atoms with van der Waals surface area (Å²) in [6.45, 7) is 2.15. The van der Waals surface area contributed by atoms with E-state index in [1.165, 1.54) is 0 Å². The molecule has 0 aromatic heterocycles. The third-order valence-corrected chi connectivity index (χ3v) is 9.69. The Bertz CT molecular complexity index is 320. The van der Waals surface area contributed by atoms with E-state index >= 15 is 0 Å². The molecule has 0 aliphatic carbocycles. The van der Waals surface area contributed by atoms with Gasteiger partial charge in [0.15, 0.2) is 0 Å². The van der Waals surface area contributed by atoms with Crippen LogP contribution in [0.2, 0.25) is 0 Å². The van der Waals surface area contributed by atoms with Gasteiger partial charge in [-0.3, -0.25) is 9.00 Å². The molecule has 0 fully saturated rings. The van der Waals surface area contributed by atoms with Crippen LogP contribution in [0.25, 0.3) is 0 Å². The minimum atomic E-state index is -0.629. The Morgan fingerprint density at radius 3 is 2.38 bits per heavy atom. The molecule has 10 heteroatoms. The summed E-state index contributed by atoms with van der Waals surface area (Å²) in [6, 6.07) is 0. The van der Waals surface area contributed by atoms with Crippen molar-refractivity contribution >= 4 is 75.6 Å². The Morgan fingerprint density at radius 2 is 1.67 bits per heavy atom. The number of rotatable bonds is 18. The molecular formula is C14H28O4S6. The lowest BCUT2D eigenvalue weighted by atomic mass is 10.5. The van der Waals surface area contributed by atoms with E-state index in [-0.39, 0.29) is 12.6 Å². The highest BCUT2D eigenvalue weighted by molar-refractivity contribution is 8.22. The number of aliphatic hydroxyl groups excluding tert-OH is 1. The van der Waals surface area contributed by atoms with Crippen LogP contribution in [0.4, 0.5) is 0 Å². The van der Waals surface area contributed by atoms with Crippen LogP contribution in [0.1, 0.15) is 19.8 Å². The second-order valence-electron chi connectivity index (χ2n) is 4.38. The van der Waals surface area contributed by atoms with Crippen LogP contribution < -0.4 is 0 Å². The van der Waals surface area contributed by atoms with Gasteiger partial charge in [0.25, 0.3) is 0 Å². The summed E-state index contributed by atoms with van der Waals surface area (Å²) in [7, 11) is -0.629. The van der Waals surface area contributed by atoms with Gasteiger partial charge in [-0.15, -0.1) is 35.3 Å². The molecule has 0 saturated carbocycles. The lowest BCUT2D eigenvalue weighted by Gasteiger charge is -2.05. The zero-order valence-electron chi connectivity index (χ0n) is 14.1. The zero-order valence-corrected chi connectivity index (χ0v) is 19.0. The highest BCUT2D eigenvalue weighted by Gasteiger charge is 2.03. The number of esters is 1. The van der Waals surface area contributed by atoms with Crippen LogP contribution >= 0.6 is 58.8 Å². The Hall–Kier alpha value is 1.33. The van der Waals surface area contributed by atoms with Gasteiger partial charge >= 0.3 is 5.97 Å². The number of hydrogen-bond donors (Lipinski definition) is 1. The van der Waals surface area contributed by atoms with E-state index in [0.717, 1.165) is 50.4 Å². The van der Waals surface area contributed by atoms with Gasteiger partial charge in [0.1, 0.15) is 5.94 Å². The van der Waals surface area contributed by atoms with Gasteiger partial charge in [-0.25, -0.2) is 0 Å². The van der Waals surface area contributed by atoms with E-state index in [2.05, 4.69) is 0 Å². The molecule has 0 spiro atoms. The Labute approximate surface area is 170 Å². The number of thioether (sulfide) groups is 5. The highest BCUT2D eigenvalue weighted by Crippen LogP contribution is 2.19. The third-order valence-electron chi connectivity index (χ3n) is 2.47. The van der Waals surface area contributed by atoms with Crippen molar-refractivity contribution in [2.75, 3.05) is 56.6 Å². The third kappa shape index (κ3) is 19.7. The van der Waals surface area contributed by atoms with Crippen LogP contribution in [0.3, 0.4) is 0 Å². The summed E-state index contributed by atoms with van der Waals surface area (Å²) in [4.78, 5) is 11.5.